The van der Waals surface area contributed by atoms with E-state index in [1.165, 1.54) is 12.1 Å². The van der Waals surface area contributed by atoms with Gasteiger partial charge in [-0.15, -0.1) is 0 Å². The first-order chi connectivity index (χ1) is 12.4. The molecule has 0 bridgehead atoms. The smallest absolute Gasteiger partial charge is 0.253 e. The third kappa shape index (κ3) is 6.10. The van der Waals surface area contributed by atoms with E-state index in [9.17, 15) is 13.2 Å². The summed E-state index contributed by atoms with van der Waals surface area (Å²) < 4.78 is 26.3. The van der Waals surface area contributed by atoms with E-state index in [0.717, 1.165) is 17.7 Å². The van der Waals surface area contributed by atoms with Crippen molar-refractivity contribution in [3.8, 4) is 0 Å². The van der Waals surface area contributed by atoms with E-state index in [4.69, 9.17) is 12.2 Å². The molecule has 2 aromatic rings. The Kier molecular flexibility index (Phi) is 7.07. The summed E-state index contributed by atoms with van der Waals surface area (Å²) in [5.74, 6) is -0.573. The van der Waals surface area contributed by atoms with Crippen LogP contribution in [0.3, 0.4) is 0 Å². The van der Waals surface area contributed by atoms with E-state index >= 15 is 0 Å². The van der Waals surface area contributed by atoms with E-state index in [2.05, 4.69) is 20.9 Å². The predicted molar refractivity (Wildman–Crippen MR) is 105 cm³/mol. The molecule has 9 heteroatoms. The summed E-state index contributed by atoms with van der Waals surface area (Å²) in [6.45, 7) is 1.63. The lowest BCUT2D eigenvalue weighted by Gasteiger charge is -2.12. The summed E-state index contributed by atoms with van der Waals surface area (Å²) >= 11 is 5.09. The van der Waals surface area contributed by atoms with Gasteiger partial charge in [0.15, 0.2) is 5.11 Å². The van der Waals surface area contributed by atoms with Gasteiger partial charge in [0.05, 0.1) is 11.4 Å². The van der Waals surface area contributed by atoms with Crippen LogP contribution < -0.4 is 20.9 Å². The quantitative estimate of drug-likeness (QED) is 0.440. The van der Waals surface area contributed by atoms with Crippen LogP contribution in [-0.4, -0.2) is 26.0 Å². The maximum absolute atomic E-state index is 12.0. The lowest BCUT2D eigenvalue weighted by molar-refractivity contribution is -0.120. The van der Waals surface area contributed by atoms with Gasteiger partial charge in [0, 0.05) is 5.69 Å². The maximum atomic E-state index is 12.0. The number of aryl methyl sites for hydroxylation is 1. The molecule has 2 rings (SSSR count). The summed E-state index contributed by atoms with van der Waals surface area (Å²) in [6, 6.07) is 15.5. The fraction of sp³-hybridized carbons (Fsp3) is 0.176. The molecule has 4 N–H and O–H groups in total. The Morgan fingerprint density at radius 3 is 2.46 bits per heavy atom. The molecule has 1 amide bonds. The van der Waals surface area contributed by atoms with Crippen LogP contribution in [0.2, 0.25) is 0 Å². The topological polar surface area (TPSA) is 99.3 Å². The van der Waals surface area contributed by atoms with Crippen LogP contribution in [0.5, 0.6) is 0 Å². The molecule has 0 aliphatic heterocycles. The molecule has 0 unspecified atom stereocenters. The van der Waals surface area contributed by atoms with E-state index in [1.54, 1.807) is 18.2 Å². The van der Waals surface area contributed by atoms with Gasteiger partial charge in [0.1, 0.15) is 0 Å². The number of thiocarbonyl (C=S) groups is 1. The first kappa shape index (κ1) is 19.8. The molecule has 0 spiro atoms. The maximum Gasteiger partial charge on any atom is 0.253 e. The van der Waals surface area contributed by atoms with Crippen LogP contribution in [0.4, 0.5) is 5.69 Å². The average Bonchev–Trinajstić information content (AvgIpc) is 2.65. The average molecular weight is 393 g/mol. The number of sulfonamides is 1. The van der Waals surface area contributed by atoms with Gasteiger partial charge < -0.3 is 5.32 Å². The predicted octanol–water partition coefficient (Wildman–Crippen LogP) is 1.55. The molecule has 0 aromatic heterocycles. The minimum absolute atomic E-state index is 0.0914. The summed E-state index contributed by atoms with van der Waals surface area (Å²) in [5.41, 5.74) is 6.81. The minimum Gasteiger partial charge on any atom is -0.331 e. The number of carbonyl (C=O) groups excluding carboxylic acids is 1. The number of hydrazine groups is 1. The summed E-state index contributed by atoms with van der Waals surface area (Å²) in [5, 5.41) is 3.13. The van der Waals surface area contributed by atoms with Crippen molar-refractivity contribution in [3.63, 3.8) is 0 Å². The number of hydrogen-bond acceptors (Lipinski definition) is 4. The van der Waals surface area contributed by atoms with Gasteiger partial charge in [0.2, 0.25) is 10.0 Å². The van der Waals surface area contributed by atoms with Crippen LogP contribution in [0.25, 0.3) is 0 Å². The van der Waals surface area contributed by atoms with Crippen molar-refractivity contribution >= 4 is 38.9 Å². The first-order valence-electron chi connectivity index (χ1n) is 7.90. The standard InChI is InChI=1S/C17H20N4O3S2/c1-2-13-7-6-8-14(11-13)19-17(25)21-20-16(22)12-18-26(23,24)15-9-4-3-5-10-15/h3-11,18H,2,12H2,1H3,(H,20,22)(H2,19,21,25). The van der Waals surface area contributed by atoms with Crippen LogP contribution in [0, 0.1) is 0 Å². The van der Waals surface area contributed by atoms with Crippen molar-refractivity contribution in [2.24, 2.45) is 0 Å². The first-order valence-corrected chi connectivity index (χ1v) is 9.79. The SMILES string of the molecule is CCc1cccc(NC(=S)NNC(=O)CNS(=O)(=O)c2ccccc2)c1. The van der Waals surface area contributed by atoms with Gasteiger partial charge in [0.25, 0.3) is 5.91 Å². The second-order valence-corrected chi connectivity index (χ2v) is 7.49. The van der Waals surface area contributed by atoms with Crippen molar-refractivity contribution < 1.29 is 13.2 Å². The van der Waals surface area contributed by atoms with E-state index in [0.29, 0.717) is 0 Å². The third-order valence-electron chi connectivity index (χ3n) is 3.38. The Morgan fingerprint density at radius 2 is 1.77 bits per heavy atom. The van der Waals surface area contributed by atoms with Gasteiger partial charge in [-0.3, -0.25) is 15.6 Å². The number of anilines is 1. The molecule has 0 heterocycles. The zero-order valence-corrected chi connectivity index (χ0v) is 15.8. The molecule has 26 heavy (non-hydrogen) atoms. The Labute approximate surface area is 158 Å². The molecule has 2 aromatic carbocycles. The fourth-order valence-corrected chi connectivity index (χ4v) is 3.22. The summed E-state index contributed by atoms with van der Waals surface area (Å²) in [7, 11) is -3.74. The van der Waals surface area contributed by atoms with Crippen molar-refractivity contribution in [1.29, 1.82) is 0 Å². The fourth-order valence-electron chi connectivity index (χ4n) is 2.05. The molecular weight excluding hydrogens is 372 g/mol. The molecule has 138 valence electrons. The zero-order valence-electron chi connectivity index (χ0n) is 14.2. The van der Waals surface area contributed by atoms with Crippen LogP contribution >= 0.6 is 12.2 Å². The van der Waals surface area contributed by atoms with Crippen LogP contribution in [-0.2, 0) is 21.2 Å². The highest BCUT2D eigenvalue weighted by molar-refractivity contribution is 7.89. The monoisotopic (exact) mass is 392 g/mol. The molecule has 0 aliphatic rings. The normalized spacial score (nSPS) is 10.8. The molecule has 0 fully saturated rings. The Bertz CT molecular complexity index is 871. The number of carbonyl (C=O) groups is 1. The summed E-state index contributed by atoms with van der Waals surface area (Å²) in [6.07, 6.45) is 0.897. The lowest BCUT2D eigenvalue weighted by Crippen LogP contribution is -2.47. The number of nitrogens with one attached hydrogen (secondary N) is 4. The van der Waals surface area contributed by atoms with E-state index in [1.807, 2.05) is 31.2 Å². The Hall–Kier alpha value is -2.49. The highest BCUT2D eigenvalue weighted by Crippen LogP contribution is 2.10. The molecule has 0 atom stereocenters. The number of benzene rings is 2. The van der Waals surface area contributed by atoms with Gasteiger partial charge in [-0.05, 0) is 48.5 Å². The number of amides is 1. The van der Waals surface area contributed by atoms with Gasteiger partial charge in [-0.2, -0.15) is 0 Å². The third-order valence-corrected chi connectivity index (χ3v) is 5.01. The minimum atomic E-state index is -3.74. The van der Waals surface area contributed by atoms with Crippen LogP contribution in [0.1, 0.15) is 12.5 Å². The largest absolute Gasteiger partial charge is 0.331 e. The molecule has 0 saturated heterocycles. The second kappa shape index (κ2) is 9.27. The van der Waals surface area contributed by atoms with Gasteiger partial charge in [-0.25, -0.2) is 13.1 Å². The molecule has 0 radical (unpaired) electrons. The Balaban J connectivity index is 1.78. The summed E-state index contributed by atoms with van der Waals surface area (Å²) in [4.78, 5) is 11.9. The second-order valence-electron chi connectivity index (χ2n) is 5.32. The van der Waals surface area contributed by atoms with Crippen molar-refractivity contribution in [3.05, 3.63) is 60.2 Å². The van der Waals surface area contributed by atoms with Crippen molar-refractivity contribution in [2.75, 3.05) is 11.9 Å². The lowest BCUT2D eigenvalue weighted by atomic mass is 10.1. The van der Waals surface area contributed by atoms with Gasteiger partial charge in [-0.1, -0.05) is 37.3 Å². The van der Waals surface area contributed by atoms with Crippen LogP contribution in [0.15, 0.2) is 59.5 Å². The van der Waals surface area contributed by atoms with E-state index < -0.39 is 22.5 Å². The Morgan fingerprint density at radius 1 is 1.04 bits per heavy atom. The molecular formula is C17H20N4O3S2. The van der Waals surface area contributed by atoms with E-state index in [-0.39, 0.29) is 10.0 Å². The molecule has 0 saturated carbocycles. The number of rotatable bonds is 6. The highest BCUT2D eigenvalue weighted by Gasteiger charge is 2.14. The van der Waals surface area contributed by atoms with Crippen molar-refractivity contribution in [2.45, 2.75) is 18.2 Å². The molecule has 0 aliphatic carbocycles. The highest BCUT2D eigenvalue weighted by atomic mass is 32.2. The number of hydrogen-bond donors (Lipinski definition) is 4. The van der Waals surface area contributed by atoms with Crippen molar-refractivity contribution in [1.82, 2.24) is 15.6 Å². The van der Waals surface area contributed by atoms with Gasteiger partial charge >= 0.3 is 0 Å². The molecule has 7 nitrogen and oxygen atoms in total. The zero-order chi connectivity index (χ0) is 19.0.